The average Bonchev–Trinajstić information content (AvgIpc) is 2.60. The molecule has 1 fully saturated rings. The number of amides is 1. The Morgan fingerprint density at radius 1 is 1.24 bits per heavy atom. The summed E-state index contributed by atoms with van der Waals surface area (Å²) >= 11 is 0. The lowest BCUT2D eigenvalue weighted by Crippen LogP contribution is -2.53. The fourth-order valence-corrected chi connectivity index (χ4v) is 2.60. The molecular formula is C17H25F2N5O. The number of halogens is 2. The van der Waals surface area contributed by atoms with E-state index in [2.05, 4.69) is 10.3 Å². The highest BCUT2D eigenvalue weighted by Crippen LogP contribution is 2.21. The van der Waals surface area contributed by atoms with Gasteiger partial charge < -0.3 is 20.0 Å². The van der Waals surface area contributed by atoms with Gasteiger partial charge >= 0.3 is 0 Å². The molecule has 1 aliphatic rings. The van der Waals surface area contributed by atoms with Gasteiger partial charge in [0.2, 0.25) is 5.91 Å². The van der Waals surface area contributed by atoms with E-state index in [-0.39, 0.29) is 18.1 Å². The zero-order valence-corrected chi connectivity index (χ0v) is 14.9. The van der Waals surface area contributed by atoms with E-state index in [1.807, 2.05) is 16.7 Å². The zero-order chi connectivity index (χ0) is 18.4. The van der Waals surface area contributed by atoms with Crippen molar-refractivity contribution in [3.8, 4) is 0 Å². The standard InChI is InChI=1S/C17H25F2N5O/c1-4-20-17(21-12-16(25)22(2)3)24-9-7-23(8-10-24)15-11-13(18)5-6-14(15)19/h5-6,11H,4,7-10,12H2,1-3H3,(H,20,21). The number of rotatable bonds is 4. The number of carbonyl (C=O) groups excluding carboxylic acids is 1. The predicted octanol–water partition coefficient (Wildman–Crippen LogP) is 1.14. The first-order valence-corrected chi connectivity index (χ1v) is 8.35. The molecule has 0 aromatic heterocycles. The molecule has 1 saturated heterocycles. The number of likely N-dealkylation sites (N-methyl/N-ethyl adjacent to an activating group) is 1. The minimum Gasteiger partial charge on any atom is -0.366 e. The lowest BCUT2D eigenvalue weighted by Gasteiger charge is -2.37. The van der Waals surface area contributed by atoms with Gasteiger partial charge in [-0.3, -0.25) is 4.79 Å². The van der Waals surface area contributed by atoms with E-state index in [4.69, 9.17) is 0 Å². The van der Waals surface area contributed by atoms with Gasteiger partial charge in [0.1, 0.15) is 18.2 Å². The fourth-order valence-electron chi connectivity index (χ4n) is 2.60. The average molecular weight is 353 g/mol. The molecule has 2 rings (SSSR count). The Hall–Kier alpha value is -2.38. The van der Waals surface area contributed by atoms with Gasteiger partial charge in [-0.2, -0.15) is 0 Å². The molecule has 1 aliphatic heterocycles. The Bertz CT molecular complexity index is 627. The van der Waals surface area contributed by atoms with Gasteiger partial charge in [-0.1, -0.05) is 0 Å². The molecule has 138 valence electrons. The third-order valence-electron chi connectivity index (χ3n) is 4.03. The quantitative estimate of drug-likeness (QED) is 0.652. The van der Waals surface area contributed by atoms with Crippen molar-refractivity contribution in [2.45, 2.75) is 6.92 Å². The monoisotopic (exact) mass is 353 g/mol. The molecule has 1 heterocycles. The van der Waals surface area contributed by atoms with Crippen molar-refractivity contribution < 1.29 is 13.6 Å². The molecule has 6 nitrogen and oxygen atoms in total. The van der Waals surface area contributed by atoms with Crippen LogP contribution in [-0.4, -0.2) is 75.0 Å². The van der Waals surface area contributed by atoms with Crippen LogP contribution in [0.2, 0.25) is 0 Å². The maximum Gasteiger partial charge on any atom is 0.243 e. The molecule has 0 radical (unpaired) electrons. The number of aliphatic imine (C=N–C) groups is 1. The second kappa shape index (κ2) is 8.64. The largest absolute Gasteiger partial charge is 0.366 e. The van der Waals surface area contributed by atoms with Crippen molar-refractivity contribution in [2.24, 2.45) is 4.99 Å². The van der Waals surface area contributed by atoms with Gasteiger partial charge in [0.05, 0.1) is 5.69 Å². The molecule has 0 saturated carbocycles. The highest BCUT2D eigenvalue weighted by Gasteiger charge is 2.22. The number of benzene rings is 1. The predicted molar refractivity (Wildman–Crippen MR) is 94.8 cm³/mol. The molecule has 1 aromatic rings. The first-order valence-electron chi connectivity index (χ1n) is 8.35. The lowest BCUT2D eigenvalue weighted by molar-refractivity contribution is -0.127. The van der Waals surface area contributed by atoms with Gasteiger partial charge in [0, 0.05) is 52.9 Å². The van der Waals surface area contributed by atoms with Gasteiger partial charge in [-0.05, 0) is 19.1 Å². The first kappa shape index (κ1) is 19.0. The molecule has 1 aromatic carbocycles. The minimum atomic E-state index is -0.448. The topological polar surface area (TPSA) is 51.2 Å². The van der Waals surface area contributed by atoms with E-state index in [0.29, 0.717) is 38.7 Å². The minimum absolute atomic E-state index is 0.0733. The molecule has 0 atom stereocenters. The number of anilines is 1. The van der Waals surface area contributed by atoms with Crippen LogP contribution in [0.4, 0.5) is 14.5 Å². The Morgan fingerprint density at radius 2 is 1.92 bits per heavy atom. The smallest absolute Gasteiger partial charge is 0.243 e. The van der Waals surface area contributed by atoms with E-state index >= 15 is 0 Å². The summed E-state index contributed by atoms with van der Waals surface area (Å²) in [5, 5.41) is 3.17. The van der Waals surface area contributed by atoms with Crippen molar-refractivity contribution in [2.75, 3.05) is 58.3 Å². The summed E-state index contributed by atoms with van der Waals surface area (Å²) in [4.78, 5) is 21.5. The van der Waals surface area contributed by atoms with Crippen LogP contribution in [0.5, 0.6) is 0 Å². The van der Waals surface area contributed by atoms with E-state index in [9.17, 15) is 13.6 Å². The first-order chi connectivity index (χ1) is 11.9. The molecule has 0 spiro atoms. The second-order valence-corrected chi connectivity index (χ2v) is 6.03. The number of nitrogens with zero attached hydrogens (tertiary/aromatic N) is 4. The number of guanidine groups is 1. The molecule has 1 N–H and O–H groups in total. The summed E-state index contributed by atoms with van der Waals surface area (Å²) in [5.41, 5.74) is 0.282. The number of hydrogen-bond donors (Lipinski definition) is 1. The van der Waals surface area contributed by atoms with E-state index in [0.717, 1.165) is 12.1 Å². The number of nitrogens with one attached hydrogen (secondary N) is 1. The molecule has 0 bridgehead atoms. The maximum atomic E-state index is 13.9. The maximum absolute atomic E-state index is 13.9. The summed E-state index contributed by atoms with van der Waals surface area (Å²) in [6, 6.07) is 3.49. The second-order valence-electron chi connectivity index (χ2n) is 6.03. The normalized spacial score (nSPS) is 15.3. The summed E-state index contributed by atoms with van der Waals surface area (Å²) in [6.45, 7) is 5.04. The zero-order valence-electron chi connectivity index (χ0n) is 14.9. The summed E-state index contributed by atoms with van der Waals surface area (Å²) < 4.78 is 27.3. The van der Waals surface area contributed by atoms with Crippen molar-refractivity contribution in [3.05, 3.63) is 29.8 Å². The molecule has 0 aliphatic carbocycles. The Morgan fingerprint density at radius 3 is 2.52 bits per heavy atom. The van der Waals surface area contributed by atoms with Crippen LogP contribution in [0.15, 0.2) is 23.2 Å². The molecule has 25 heavy (non-hydrogen) atoms. The van der Waals surface area contributed by atoms with E-state index in [1.54, 1.807) is 14.1 Å². The molecule has 8 heteroatoms. The molecule has 0 unspecified atom stereocenters. The highest BCUT2D eigenvalue weighted by atomic mass is 19.1. The van der Waals surface area contributed by atoms with Crippen LogP contribution < -0.4 is 10.2 Å². The van der Waals surface area contributed by atoms with E-state index in [1.165, 1.54) is 11.0 Å². The molecule has 1 amide bonds. The van der Waals surface area contributed by atoms with E-state index < -0.39 is 11.6 Å². The Labute approximate surface area is 147 Å². The Kier molecular flexibility index (Phi) is 6.55. The van der Waals surface area contributed by atoms with Crippen LogP contribution in [0.3, 0.4) is 0 Å². The van der Waals surface area contributed by atoms with Gasteiger partial charge in [-0.25, -0.2) is 13.8 Å². The van der Waals surface area contributed by atoms with Gasteiger partial charge in [0.15, 0.2) is 5.96 Å². The Balaban J connectivity index is 2.01. The fraction of sp³-hybridized carbons (Fsp3) is 0.529. The number of piperazine rings is 1. The van der Waals surface area contributed by atoms with Gasteiger partial charge in [-0.15, -0.1) is 0 Å². The third-order valence-corrected chi connectivity index (χ3v) is 4.03. The summed E-state index contributed by atoms with van der Waals surface area (Å²) in [7, 11) is 3.38. The van der Waals surface area contributed by atoms with Crippen LogP contribution in [-0.2, 0) is 4.79 Å². The number of hydrogen-bond acceptors (Lipinski definition) is 3. The van der Waals surface area contributed by atoms with Crippen LogP contribution >= 0.6 is 0 Å². The van der Waals surface area contributed by atoms with Crippen molar-refractivity contribution in [1.82, 2.24) is 15.1 Å². The molecular weight excluding hydrogens is 328 g/mol. The van der Waals surface area contributed by atoms with Crippen LogP contribution in [0.25, 0.3) is 0 Å². The third kappa shape index (κ3) is 5.04. The van der Waals surface area contributed by atoms with Crippen molar-refractivity contribution in [3.63, 3.8) is 0 Å². The summed E-state index contributed by atoms with van der Waals surface area (Å²) in [5.74, 6) is -0.282. The lowest BCUT2D eigenvalue weighted by atomic mass is 10.2. The van der Waals surface area contributed by atoms with Gasteiger partial charge in [0.25, 0.3) is 0 Å². The highest BCUT2D eigenvalue weighted by molar-refractivity contribution is 5.85. The van der Waals surface area contributed by atoms with Crippen LogP contribution in [0.1, 0.15) is 6.92 Å². The van der Waals surface area contributed by atoms with Crippen LogP contribution in [0, 0.1) is 11.6 Å². The SMILES string of the molecule is CCNC(=NCC(=O)N(C)C)N1CCN(c2cc(F)ccc2F)CC1. The summed E-state index contributed by atoms with van der Waals surface area (Å²) in [6.07, 6.45) is 0. The van der Waals surface area contributed by atoms with Crippen molar-refractivity contribution >= 4 is 17.6 Å². The number of carbonyl (C=O) groups is 1. The van der Waals surface area contributed by atoms with Crippen molar-refractivity contribution in [1.29, 1.82) is 0 Å².